The van der Waals surface area contributed by atoms with Gasteiger partial charge in [0.05, 0.1) is 12.5 Å². The predicted octanol–water partition coefficient (Wildman–Crippen LogP) is 2.83. The van der Waals surface area contributed by atoms with Crippen LogP contribution in [0.3, 0.4) is 0 Å². The van der Waals surface area contributed by atoms with E-state index in [1.54, 1.807) is 0 Å². The summed E-state index contributed by atoms with van der Waals surface area (Å²) in [5.74, 6) is -0.0965. The first kappa shape index (κ1) is 13.6. The molecule has 98 valence electrons. The molecule has 1 unspecified atom stereocenters. The third kappa shape index (κ3) is 2.93. The van der Waals surface area contributed by atoms with Gasteiger partial charge in [0.15, 0.2) is 0 Å². The fraction of sp³-hybridized carbons (Fsp3) is 0.500. The van der Waals surface area contributed by atoms with Crippen molar-refractivity contribution < 1.29 is 9.53 Å². The molecule has 0 amide bonds. The van der Waals surface area contributed by atoms with E-state index in [-0.39, 0.29) is 11.4 Å². The number of hydrogen-bond acceptors (Lipinski definition) is 3. The Hall–Kier alpha value is -0.870. The number of hydrogen-bond donors (Lipinski definition) is 0. The van der Waals surface area contributed by atoms with Crippen LogP contribution in [0.2, 0.25) is 0 Å². The van der Waals surface area contributed by atoms with Crippen LogP contribution in [0.15, 0.2) is 28.7 Å². The number of rotatable bonds is 3. The molecule has 1 fully saturated rings. The van der Waals surface area contributed by atoms with Gasteiger partial charge in [0.25, 0.3) is 0 Å². The minimum atomic E-state index is -0.343. The number of carbonyl (C=O) groups excluding carboxylic acids is 1. The van der Waals surface area contributed by atoms with Gasteiger partial charge in [0, 0.05) is 17.6 Å². The quantitative estimate of drug-likeness (QED) is 0.804. The van der Waals surface area contributed by atoms with Crippen molar-refractivity contribution >= 4 is 21.9 Å². The van der Waals surface area contributed by atoms with Crippen molar-refractivity contribution in [1.82, 2.24) is 4.90 Å². The number of nitrogens with zero attached hydrogens (tertiary/aromatic N) is 1. The molecule has 0 N–H and O–H groups in total. The largest absolute Gasteiger partial charge is 0.469 e. The lowest BCUT2D eigenvalue weighted by molar-refractivity contribution is -0.151. The van der Waals surface area contributed by atoms with Gasteiger partial charge in [-0.2, -0.15) is 0 Å². The Bertz CT molecular complexity index is 432. The van der Waals surface area contributed by atoms with Crippen molar-refractivity contribution in [3.05, 3.63) is 34.3 Å². The maximum atomic E-state index is 11.7. The molecule has 1 heterocycles. The van der Waals surface area contributed by atoms with E-state index in [2.05, 4.69) is 33.0 Å². The Kier molecular flexibility index (Phi) is 4.07. The lowest BCUT2D eigenvalue weighted by Gasteiger charge is -2.21. The van der Waals surface area contributed by atoms with Crippen molar-refractivity contribution in [3.63, 3.8) is 0 Å². The Morgan fingerprint density at radius 2 is 2.11 bits per heavy atom. The average Bonchev–Trinajstić information content (AvgIpc) is 2.74. The van der Waals surface area contributed by atoms with E-state index < -0.39 is 0 Å². The van der Waals surface area contributed by atoms with Gasteiger partial charge in [0.1, 0.15) is 0 Å². The third-order valence-corrected chi connectivity index (χ3v) is 4.08. The van der Waals surface area contributed by atoms with Gasteiger partial charge >= 0.3 is 5.97 Å². The summed E-state index contributed by atoms with van der Waals surface area (Å²) in [7, 11) is 1.46. The lowest BCUT2D eigenvalue weighted by atomic mass is 9.90. The maximum Gasteiger partial charge on any atom is 0.312 e. The Morgan fingerprint density at radius 3 is 2.72 bits per heavy atom. The van der Waals surface area contributed by atoms with Gasteiger partial charge in [-0.3, -0.25) is 9.69 Å². The number of halogens is 1. The van der Waals surface area contributed by atoms with E-state index in [1.165, 1.54) is 12.7 Å². The molecule has 0 aromatic heterocycles. The lowest BCUT2D eigenvalue weighted by Crippen LogP contribution is -2.32. The highest BCUT2D eigenvalue weighted by molar-refractivity contribution is 9.10. The second-order valence-corrected chi connectivity index (χ2v) is 6.06. The highest BCUT2D eigenvalue weighted by Gasteiger charge is 2.41. The predicted molar refractivity (Wildman–Crippen MR) is 74.2 cm³/mol. The SMILES string of the molecule is COC(=O)C1(C)CCN(Cc2ccc(Br)cc2)C1. The number of ether oxygens (including phenoxy) is 1. The van der Waals surface area contributed by atoms with Crippen molar-refractivity contribution in [2.75, 3.05) is 20.2 Å². The van der Waals surface area contributed by atoms with Crippen molar-refractivity contribution in [1.29, 1.82) is 0 Å². The van der Waals surface area contributed by atoms with Gasteiger partial charge in [-0.05, 0) is 37.6 Å². The molecule has 0 saturated carbocycles. The molecule has 4 heteroatoms. The fourth-order valence-corrected chi connectivity index (χ4v) is 2.72. The molecular weight excluding hydrogens is 294 g/mol. The molecule has 1 atom stereocenters. The van der Waals surface area contributed by atoms with Crippen LogP contribution in [0.25, 0.3) is 0 Å². The molecule has 1 aliphatic heterocycles. The summed E-state index contributed by atoms with van der Waals surface area (Å²) < 4.78 is 5.97. The smallest absolute Gasteiger partial charge is 0.312 e. The molecule has 0 aliphatic carbocycles. The highest BCUT2D eigenvalue weighted by Crippen LogP contribution is 2.32. The van der Waals surface area contributed by atoms with Crippen LogP contribution in [0.1, 0.15) is 18.9 Å². The van der Waals surface area contributed by atoms with Crippen molar-refractivity contribution in [2.45, 2.75) is 19.9 Å². The third-order valence-electron chi connectivity index (χ3n) is 3.55. The zero-order valence-corrected chi connectivity index (χ0v) is 12.4. The van der Waals surface area contributed by atoms with E-state index in [9.17, 15) is 4.79 Å². The van der Waals surface area contributed by atoms with Crippen LogP contribution in [0.4, 0.5) is 0 Å². The second kappa shape index (κ2) is 5.41. The zero-order chi connectivity index (χ0) is 13.2. The highest BCUT2D eigenvalue weighted by atomic mass is 79.9. The zero-order valence-electron chi connectivity index (χ0n) is 10.8. The van der Waals surface area contributed by atoms with Crippen LogP contribution in [0, 0.1) is 5.41 Å². The summed E-state index contributed by atoms with van der Waals surface area (Å²) in [5.41, 5.74) is 0.928. The monoisotopic (exact) mass is 311 g/mol. The normalized spacial score (nSPS) is 24.2. The van der Waals surface area contributed by atoms with Gasteiger partial charge < -0.3 is 4.74 Å². The standard InChI is InChI=1S/C14H18BrNO2/c1-14(13(17)18-2)7-8-16(10-14)9-11-3-5-12(15)6-4-11/h3-6H,7-10H2,1-2H3. The molecule has 18 heavy (non-hydrogen) atoms. The first-order valence-corrected chi connectivity index (χ1v) is 6.88. The van der Waals surface area contributed by atoms with Crippen LogP contribution in [-0.2, 0) is 16.1 Å². The Morgan fingerprint density at radius 1 is 1.44 bits per heavy atom. The first-order valence-electron chi connectivity index (χ1n) is 6.09. The van der Waals surface area contributed by atoms with E-state index >= 15 is 0 Å². The van der Waals surface area contributed by atoms with Crippen LogP contribution < -0.4 is 0 Å². The molecule has 0 spiro atoms. The molecule has 3 nitrogen and oxygen atoms in total. The minimum Gasteiger partial charge on any atom is -0.469 e. The van der Waals surface area contributed by atoms with Crippen molar-refractivity contribution in [3.8, 4) is 0 Å². The summed E-state index contributed by atoms with van der Waals surface area (Å²) >= 11 is 3.43. The number of methoxy groups -OCH3 is 1. The van der Waals surface area contributed by atoms with E-state index in [4.69, 9.17) is 4.74 Å². The topological polar surface area (TPSA) is 29.5 Å². The van der Waals surface area contributed by atoms with Crippen molar-refractivity contribution in [2.24, 2.45) is 5.41 Å². The molecule has 1 saturated heterocycles. The summed E-state index contributed by atoms with van der Waals surface area (Å²) in [5, 5.41) is 0. The fourth-order valence-electron chi connectivity index (χ4n) is 2.45. The van der Waals surface area contributed by atoms with Gasteiger partial charge in [-0.25, -0.2) is 0 Å². The minimum absolute atomic E-state index is 0.0965. The van der Waals surface area contributed by atoms with Crippen LogP contribution in [-0.4, -0.2) is 31.1 Å². The molecule has 0 bridgehead atoms. The molecule has 1 aliphatic rings. The molecule has 0 radical (unpaired) electrons. The molecular formula is C14H18BrNO2. The first-order chi connectivity index (χ1) is 8.53. The number of benzene rings is 1. The van der Waals surface area contributed by atoms with Gasteiger partial charge in [-0.15, -0.1) is 0 Å². The van der Waals surface area contributed by atoms with E-state index in [0.29, 0.717) is 0 Å². The summed E-state index contributed by atoms with van der Waals surface area (Å²) in [4.78, 5) is 14.0. The Labute approximate surface area is 116 Å². The van der Waals surface area contributed by atoms with E-state index in [0.717, 1.165) is 30.5 Å². The van der Waals surface area contributed by atoms with Crippen LogP contribution in [0.5, 0.6) is 0 Å². The molecule has 1 aromatic carbocycles. The summed E-state index contributed by atoms with van der Waals surface area (Å²) in [6, 6.07) is 8.31. The van der Waals surface area contributed by atoms with Gasteiger partial charge in [-0.1, -0.05) is 28.1 Å². The van der Waals surface area contributed by atoms with Crippen LogP contribution >= 0.6 is 15.9 Å². The molecule has 1 aromatic rings. The summed E-state index contributed by atoms with van der Waals surface area (Å²) in [6.45, 7) is 4.59. The maximum absolute atomic E-state index is 11.7. The molecule has 2 rings (SSSR count). The van der Waals surface area contributed by atoms with Gasteiger partial charge in [0.2, 0.25) is 0 Å². The summed E-state index contributed by atoms with van der Waals surface area (Å²) in [6.07, 6.45) is 0.871. The Balaban J connectivity index is 1.97. The van der Waals surface area contributed by atoms with E-state index in [1.807, 2.05) is 19.1 Å². The second-order valence-electron chi connectivity index (χ2n) is 5.14. The number of likely N-dealkylation sites (tertiary alicyclic amines) is 1. The number of esters is 1. The number of carbonyl (C=O) groups is 1. The average molecular weight is 312 g/mol.